The molecule has 0 aliphatic carbocycles. The number of nitrogens with one attached hydrogen (secondary N) is 1. The van der Waals surface area contributed by atoms with Crippen molar-refractivity contribution in [3.63, 3.8) is 0 Å². The molecule has 0 aromatic heterocycles. The highest BCUT2D eigenvalue weighted by atomic mass is 16.6. The summed E-state index contributed by atoms with van der Waals surface area (Å²) in [7, 11) is 0. The predicted octanol–water partition coefficient (Wildman–Crippen LogP) is 2.64. The van der Waals surface area contributed by atoms with E-state index in [1.165, 1.54) is 12.1 Å². The van der Waals surface area contributed by atoms with Crippen LogP contribution in [-0.2, 0) is 11.3 Å². The summed E-state index contributed by atoms with van der Waals surface area (Å²) in [5.74, 6) is 0. The van der Waals surface area contributed by atoms with Crippen LogP contribution in [0.25, 0.3) is 0 Å². The zero-order chi connectivity index (χ0) is 16.2. The second kappa shape index (κ2) is 6.53. The van der Waals surface area contributed by atoms with Gasteiger partial charge < -0.3 is 15.8 Å². The quantitative estimate of drug-likeness (QED) is 0.655. The van der Waals surface area contributed by atoms with Crippen molar-refractivity contribution in [3.05, 3.63) is 39.4 Å². The number of hydrogen-bond acceptors (Lipinski definition) is 5. The first-order chi connectivity index (χ1) is 9.64. The summed E-state index contributed by atoms with van der Waals surface area (Å²) in [6, 6.07) is 4.05. The largest absolute Gasteiger partial charge is 0.444 e. The molecular formula is C14H21N3O4. The van der Waals surface area contributed by atoms with E-state index >= 15 is 0 Å². The topological polar surface area (TPSA) is 107 Å². The van der Waals surface area contributed by atoms with Gasteiger partial charge >= 0.3 is 6.09 Å². The van der Waals surface area contributed by atoms with Gasteiger partial charge in [-0.25, -0.2) is 4.79 Å². The van der Waals surface area contributed by atoms with Crippen molar-refractivity contribution in [2.45, 2.75) is 45.9 Å². The van der Waals surface area contributed by atoms with Crippen LogP contribution >= 0.6 is 0 Å². The molecule has 1 aromatic rings. The molecule has 0 fully saturated rings. The second-order valence-electron chi connectivity index (χ2n) is 5.71. The predicted molar refractivity (Wildman–Crippen MR) is 78.8 cm³/mol. The van der Waals surface area contributed by atoms with E-state index in [-0.39, 0.29) is 18.3 Å². The molecule has 1 unspecified atom stereocenters. The van der Waals surface area contributed by atoms with Crippen LogP contribution in [0.2, 0.25) is 0 Å². The molecule has 3 N–H and O–H groups in total. The Kier molecular flexibility index (Phi) is 5.26. The summed E-state index contributed by atoms with van der Waals surface area (Å²) in [6.45, 7) is 7.24. The molecule has 116 valence electrons. The molecule has 0 radical (unpaired) electrons. The Morgan fingerprint density at radius 3 is 2.57 bits per heavy atom. The van der Waals surface area contributed by atoms with Crippen molar-refractivity contribution in [3.8, 4) is 0 Å². The lowest BCUT2D eigenvalue weighted by molar-refractivity contribution is -0.384. The van der Waals surface area contributed by atoms with Gasteiger partial charge in [-0.3, -0.25) is 10.1 Å². The molecule has 1 aromatic carbocycles. The molecule has 1 atom stereocenters. The summed E-state index contributed by atoms with van der Waals surface area (Å²) < 4.78 is 5.18. The normalized spacial score (nSPS) is 12.6. The lowest BCUT2D eigenvalue weighted by Gasteiger charge is -2.23. The molecule has 0 spiro atoms. The lowest BCUT2D eigenvalue weighted by Crippen LogP contribution is -2.34. The smallest absolute Gasteiger partial charge is 0.408 e. The number of nitrogens with zero attached hydrogens (tertiary/aromatic N) is 1. The lowest BCUT2D eigenvalue weighted by atomic mass is 10.0. The van der Waals surface area contributed by atoms with Crippen LogP contribution in [0.3, 0.4) is 0 Å². The number of ether oxygens (including phenoxy) is 1. The first-order valence-electron chi connectivity index (χ1n) is 6.61. The van der Waals surface area contributed by atoms with Gasteiger partial charge in [0.2, 0.25) is 0 Å². The minimum atomic E-state index is -0.587. The zero-order valence-corrected chi connectivity index (χ0v) is 12.7. The van der Waals surface area contributed by atoms with Crippen LogP contribution in [0.4, 0.5) is 10.5 Å². The van der Waals surface area contributed by atoms with E-state index in [9.17, 15) is 14.9 Å². The van der Waals surface area contributed by atoms with Crippen LogP contribution in [0, 0.1) is 10.1 Å². The monoisotopic (exact) mass is 295 g/mol. The van der Waals surface area contributed by atoms with E-state index in [1.807, 2.05) is 0 Å². The standard InChI is InChI=1S/C14H21N3O4/c1-9(16-13(18)21-14(2,3)4)12-6-5-11(17(19)20)7-10(12)8-15/h5-7,9H,8,15H2,1-4H3,(H,16,18). The number of nitro benzene ring substituents is 1. The van der Waals surface area contributed by atoms with Crippen LogP contribution in [0.5, 0.6) is 0 Å². The van der Waals surface area contributed by atoms with Gasteiger partial charge in [0, 0.05) is 18.7 Å². The third-order valence-electron chi connectivity index (χ3n) is 2.76. The zero-order valence-electron chi connectivity index (χ0n) is 12.7. The summed E-state index contributed by atoms with van der Waals surface area (Å²) in [5, 5.41) is 13.4. The number of benzene rings is 1. The molecule has 0 heterocycles. The highest BCUT2D eigenvalue weighted by molar-refractivity contribution is 5.68. The number of amides is 1. The highest BCUT2D eigenvalue weighted by Crippen LogP contribution is 2.23. The van der Waals surface area contributed by atoms with Crippen LogP contribution in [0.15, 0.2) is 18.2 Å². The van der Waals surface area contributed by atoms with E-state index in [4.69, 9.17) is 10.5 Å². The highest BCUT2D eigenvalue weighted by Gasteiger charge is 2.20. The summed E-state index contributed by atoms with van der Waals surface area (Å²) in [5.41, 5.74) is 6.36. The molecule has 1 amide bonds. The number of carbonyl (C=O) groups excluding carboxylic acids is 1. The van der Waals surface area contributed by atoms with Gasteiger partial charge in [-0.1, -0.05) is 0 Å². The molecule has 0 aliphatic heterocycles. The molecule has 0 bridgehead atoms. The van der Waals surface area contributed by atoms with E-state index in [0.717, 1.165) is 5.56 Å². The minimum absolute atomic E-state index is 0.0244. The van der Waals surface area contributed by atoms with Gasteiger partial charge in [0.05, 0.1) is 11.0 Å². The molecule has 21 heavy (non-hydrogen) atoms. The molecule has 0 aliphatic rings. The Balaban J connectivity index is 2.89. The van der Waals surface area contributed by atoms with Crippen molar-refractivity contribution >= 4 is 11.8 Å². The molecule has 0 saturated heterocycles. The fraction of sp³-hybridized carbons (Fsp3) is 0.500. The minimum Gasteiger partial charge on any atom is -0.444 e. The maximum absolute atomic E-state index is 11.7. The average Bonchev–Trinajstić information content (AvgIpc) is 2.35. The number of hydrogen-bond donors (Lipinski definition) is 2. The van der Waals surface area contributed by atoms with Gasteiger partial charge in [-0.2, -0.15) is 0 Å². The second-order valence-corrected chi connectivity index (χ2v) is 5.71. The SMILES string of the molecule is CC(NC(=O)OC(C)(C)C)c1ccc([N+](=O)[O-])cc1CN. The van der Waals surface area contributed by atoms with Crippen molar-refractivity contribution in [1.29, 1.82) is 0 Å². The van der Waals surface area contributed by atoms with E-state index in [1.54, 1.807) is 33.8 Å². The van der Waals surface area contributed by atoms with Gasteiger partial charge in [0.15, 0.2) is 0 Å². The summed E-state index contributed by atoms with van der Waals surface area (Å²) in [6.07, 6.45) is -0.545. The number of carbonyl (C=O) groups is 1. The summed E-state index contributed by atoms with van der Waals surface area (Å²) >= 11 is 0. The van der Waals surface area contributed by atoms with Crippen molar-refractivity contribution in [2.24, 2.45) is 5.73 Å². The van der Waals surface area contributed by atoms with Crippen molar-refractivity contribution in [2.75, 3.05) is 0 Å². The van der Waals surface area contributed by atoms with Gasteiger partial charge in [0.1, 0.15) is 5.60 Å². The first-order valence-corrected chi connectivity index (χ1v) is 6.61. The van der Waals surface area contributed by atoms with E-state index < -0.39 is 16.6 Å². The van der Waals surface area contributed by atoms with Gasteiger partial charge in [0.25, 0.3) is 5.69 Å². The van der Waals surface area contributed by atoms with Crippen LogP contribution in [0.1, 0.15) is 44.9 Å². The molecule has 0 saturated carbocycles. The maximum Gasteiger partial charge on any atom is 0.408 e. The maximum atomic E-state index is 11.7. The van der Waals surface area contributed by atoms with Crippen LogP contribution < -0.4 is 11.1 Å². The first kappa shape index (κ1) is 16.9. The number of nitrogens with two attached hydrogens (primary N) is 1. The van der Waals surface area contributed by atoms with Gasteiger partial charge in [-0.05, 0) is 44.9 Å². The molecular weight excluding hydrogens is 274 g/mol. The third kappa shape index (κ3) is 5.03. The number of non-ortho nitro benzene ring substituents is 1. The average molecular weight is 295 g/mol. The molecule has 7 nitrogen and oxygen atoms in total. The number of rotatable bonds is 4. The fourth-order valence-electron chi connectivity index (χ4n) is 1.87. The third-order valence-corrected chi connectivity index (χ3v) is 2.76. The Morgan fingerprint density at radius 1 is 1.48 bits per heavy atom. The fourth-order valence-corrected chi connectivity index (χ4v) is 1.87. The summed E-state index contributed by atoms with van der Waals surface area (Å²) in [4.78, 5) is 22.0. The molecule has 1 rings (SSSR count). The Hall–Kier alpha value is -2.15. The van der Waals surface area contributed by atoms with E-state index in [0.29, 0.717) is 5.56 Å². The van der Waals surface area contributed by atoms with Crippen molar-refractivity contribution in [1.82, 2.24) is 5.32 Å². The number of nitro groups is 1. The van der Waals surface area contributed by atoms with Crippen LogP contribution in [-0.4, -0.2) is 16.6 Å². The molecule has 7 heteroatoms. The van der Waals surface area contributed by atoms with E-state index in [2.05, 4.69) is 5.32 Å². The Labute approximate surface area is 123 Å². The Morgan fingerprint density at radius 2 is 2.10 bits per heavy atom. The number of alkyl carbamates (subject to hydrolysis) is 1. The van der Waals surface area contributed by atoms with Gasteiger partial charge in [-0.15, -0.1) is 0 Å². The van der Waals surface area contributed by atoms with Crippen molar-refractivity contribution < 1.29 is 14.5 Å². The Bertz CT molecular complexity index is 538.